The number of halogens is 3. The summed E-state index contributed by atoms with van der Waals surface area (Å²) < 4.78 is 43.7. The summed E-state index contributed by atoms with van der Waals surface area (Å²) in [5.41, 5.74) is 2.37. The highest BCUT2D eigenvalue weighted by atomic mass is 19.4. The Balaban J connectivity index is 1.62. The largest absolute Gasteiger partial charge is 0.497 e. The van der Waals surface area contributed by atoms with Gasteiger partial charge < -0.3 is 9.64 Å². The van der Waals surface area contributed by atoms with Gasteiger partial charge in [0.2, 0.25) is 11.8 Å². The summed E-state index contributed by atoms with van der Waals surface area (Å²) in [7, 11) is 1.55. The Bertz CT molecular complexity index is 927. The smallest absolute Gasteiger partial charge is 0.416 e. The predicted molar refractivity (Wildman–Crippen MR) is 101 cm³/mol. The van der Waals surface area contributed by atoms with Crippen LogP contribution < -0.4 is 15.1 Å². The number of amides is 2. The molecule has 1 saturated heterocycles. The van der Waals surface area contributed by atoms with Crippen LogP contribution in [0.4, 0.5) is 18.9 Å². The van der Waals surface area contributed by atoms with Crippen molar-refractivity contribution in [1.82, 2.24) is 5.43 Å². The van der Waals surface area contributed by atoms with E-state index in [0.717, 1.165) is 17.7 Å². The fourth-order valence-corrected chi connectivity index (χ4v) is 2.93. The van der Waals surface area contributed by atoms with Crippen molar-refractivity contribution in [2.75, 3.05) is 18.6 Å². The van der Waals surface area contributed by atoms with E-state index in [1.54, 1.807) is 31.4 Å². The Hall–Kier alpha value is -3.36. The lowest BCUT2D eigenvalue weighted by molar-refractivity contribution is -0.137. The zero-order valence-corrected chi connectivity index (χ0v) is 15.4. The van der Waals surface area contributed by atoms with Gasteiger partial charge in [-0.3, -0.25) is 9.59 Å². The number of benzene rings is 2. The summed E-state index contributed by atoms with van der Waals surface area (Å²) in [5.74, 6) is -0.906. The Labute approximate surface area is 165 Å². The zero-order valence-electron chi connectivity index (χ0n) is 15.4. The summed E-state index contributed by atoms with van der Waals surface area (Å²) in [6, 6.07) is 11.5. The second-order valence-corrected chi connectivity index (χ2v) is 6.46. The standard InChI is InChI=1S/C20H18F3N3O3/c1-29-17-7-5-13(6-8-17)11-24-25-19(28)14-9-18(27)26(12-14)16-4-2-3-15(10-16)20(21,22)23/h2-8,10-11,14H,9,12H2,1H3,(H,25,28). The number of carbonyl (C=O) groups is 2. The quantitative estimate of drug-likeness (QED) is 0.613. The maximum absolute atomic E-state index is 12.9. The molecule has 0 bridgehead atoms. The number of nitrogens with zero attached hydrogens (tertiary/aromatic N) is 2. The molecule has 3 rings (SSSR count). The Morgan fingerprint density at radius 2 is 1.97 bits per heavy atom. The van der Waals surface area contributed by atoms with Gasteiger partial charge in [0.25, 0.3) is 0 Å². The third-order valence-corrected chi connectivity index (χ3v) is 4.49. The van der Waals surface area contributed by atoms with Crippen molar-refractivity contribution >= 4 is 23.7 Å². The van der Waals surface area contributed by atoms with E-state index in [4.69, 9.17) is 4.74 Å². The number of nitrogens with one attached hydrogen (secondary N) is 1. The molecule has 0 spiro atoms. The van der Waals surface area contributed by atoms with E-state index < -0.39 is 29.5 Å². The molecule has 1 N–H and O–H groups in total. The molecule has 2 aromatic rings. The predicted octanol–water partition coefficient (Wildman–Crippen LogP) is 3.22. The maximum atomic E-state index is 12.9. The summed E-state index contributed by atoms with van der Waals surface area (Å²) >= 11 is 0. The minimum atomic E-state index is -4.51. The van der Waals surface area contributed by atoms with Crippen molar-refractivity contribution < 1.29 is 27.5 Å². The van der Waals surface area contributed by atoms with Gasteiger partial charge in [-0.25, -0.2) is 5.43 Å². The lowest BCUT2D eigenvalue weighted by atomic mass is 10.1. The van der Waals surface area contributed by atoms with Crippen molar-refractivity contribution in [2.45, 2.75) is 12.6 Å². The average molecular weight is 405 g/mol. The summed E-state index contributed by atoms with van der Waals surface area (Å²) in [6.07, 6.45) is -3.16. The number of hydrogen-bond acceptors (Lipinski definition) is 4. The van der Waals surface area contributed by atoms with E-state index in [2.05, 4.69) is 10.5 Å². The molecule has 2 amide bonds. The van der Waals surface area contributed by atoms with Crippen molar-refractivity contribution in [1.29, 1.82) is 0 Å². The van der Waals surface area contributed by atoms with Gasteiger partial charge >= 0.3 is 6.18 Å². The third kappa shape index (κ3) is 4.92. The number of carbonyl (C=O) groups excluding carboxylic acids is 2. The third-order valence-electron chi connectivity index (χ3n) is 4.49. The molecule has 0 radical (unpaired) electrons. The lowest BCUT2D eigenvalue weighted by Crippen LogP contribution is -2.30. The topological polar surface area (TPSA) is 71.0 Å². The first kappa shape index (κ1) is 20.4. The second-order valence-electron chi connectivity index (χ2n) is 6.46. The van der Waals surface area contributed by atoms with Gasteiger partial charge in [-0.05, 0) is 48.0 Å². The highest BCUT2D eigenvalue weighted by Gasteiger charge is 2.36. The Morgan fingerprint density at radius 3 is 2.62 bits per heavy atom. The molecule has 29 heavy (non-hydrogen) atoms. The number of ether oxygens (including phenoxy) is 1. The fraction of sp³-hybridized carbons (Fsp3) is 0.250. The normalized spacial score (nSPS) is 17.0. The molecular weight excluding hydrogens is 387 g/mol. The highest BCUT2D eigenvalue weighted by Crippen LogP contribution is 2.33. The van der Waals surface area contributed by atoms with Crippen LogP contribution in [0.5, 0.6) is 5.75 Å². The first-order valence-electron chi connectivity index (χ1n) is 8.72. The molecular formula is C20H18F3N3O3. The van der Waals surface area contributed by atoms with Crippen molar-refractivity contribution in [3.05, 3.63) is 59.7 Å². The SMILES string of the molecule is COc1ccc(C=NNC(=O)C2CC(=O)N(c3cccc(C(F)(F)F)c3)C2)cc1. The molecule has 0 aromatic heterocycles. The molecule has 1 unspecified atom stereocenters. The van der Waals surface area contributed by atoms with E-state index in [-0.39, 0.29) is 18.7 Å². The Kier molecular flexibility index (Phi) is 5.86. The van der Waals surface area contributed by atoms with Gasteiger partial charge in [-0.2, -0.15) is 18.3 Å². The summed E-state index contributed by atoms with van der Waals surface area (Å²) in [5, 5.41) is 3.87. The Morgan fingerprint density at radius 1 is 1.24 bits per heavy atom. The number of alkyl halides is 3. The van der Waals surface area contributed by atoms with Crippen LogP contribution in [0.25, 0.3) is 0 Å². The van der Waals surface area contributed by atoms with E-state index >= 15 is 0 Å². The van der Waals surface area contributed by atoms with Crippen molar-refractivity contribution in [3.63, 3.8) is 0 Å². The highest BCUT2D eigenvalue weighted by molar-refractivity contribution is 6.00. The fourth-order valence-electron chi connectivity index (χ4n) is 2.93. The van der Waals surface area contributed by atoms with Gasteiger partial charge in [0.05, 0.1) is 24.8 Å². The monoisotopic (exact) mass is 405 g/mol. The zero-order chi connectivity index (χ0) is 21.0. The van der Waals surface area contributed by atoms with Crippen LogP contribution in [-0.4, -0.2) is 31.7 Å². The minimum Gasteiger partial charge on any atom is -0.497 e. The molecule has 0 aliphatic carbocycles. The van der Waals surface area contributed by atoms with Crippen LogP contribution >= 0.6 is 0 Å². The molecule has 2 aromatic carbocycles. The van der Waals surface area contributed by atoms with Crippen molar-refractivity contribution in [3.8, 4) is 5.75 Å². The summed E-state index contributed by atoms with van der Waals surface area (Å²) in [6.45, 7) is -0.00989. The van der Waals surface area contributed by atoms with Crippen LogP contribution in [0.1, 0.15) is 17.5 Å². The lowest BCUT2D eigenvalue weighted by Gasteiger charge is -2.18. The van der Waals surface area contributed by atoms with Crippen LogP contribution in [0, 0.1) is 5.92 Å². The number of hydrogen-bond donors (Lipinski definition) is 1. The number of rotatable bonds is 5. The van der Waals surface area contributed by atoms with Gasteiger partial charge in [0.1, 0.15) is 5.75 Å². The minimum absolute atomic E-state index is 0.00989. The van der Waals surface area contributed by atoms with E-state index in [0.29, 0.717) is 5.75 Å². The van der Waals surface area contributed by atoms with Crippen LogP contribution in [0.3, 0.4) is 0 Å². The van der Waals surface area contributed by atoms with Crippen molar-refractivity contribution in [2.24, 2.45) is 11.0 Å². The average Bonchev–Trinajstić information content (AvgIpc) is 3.10. The van der Waals surface area contributed by atoms with Gasteiger partial charge in [-0.1, -0.05) is 6.07 Å². The number of hydrazone groups is 1. The molecule has 1 aliphatic rings. The molecule has 1 heterocycles. The van der Waals surface area contributed by atoms with Crippen LogP contribution in [-0.2, 0) is 15.8 Å². The maximum Gasteiger partial charge on any atom is 0.416 e. The van der Waals surface area contributed by atoms with Gasteiger partial charge in [0, 0.05) is 18.7 Å². The van der Waals surface area contributed by atoms with E-state index in [1.807, 2.05) is 0 Å². The van der Waals surface area contributed by atoms with Gasteiger partial charge in [0.15, 0.2) is 0 Å². The van der Waals surface area contributed by atoms with E-state index in [1.165, 1.54) is 23.2 Å². The molecule has 152 valence electrons. The molecule has 1 aliphatic heterocycles. The molecule has 9 heteroatoms. The molecule has 1 fully saturated rings. The molecule has 6 nitrogen and oxygen atoms in total. The number of methoxy groups -OCH3 is 1. The van der Waals surface area contributed by atoms with E-state index in [9.17, 15) is 22.8 Å². The summed E-state index contributed by atoms with van der Waals surface area (Å²) in [4.78, 5) is 25.7. The first-order chi connectivity index (χ1) is 13.8. The molecule has 1 atom stereocenters. The first-order valence-corrected chi connectivity index (χ1v) is 8.72. The van der Waals surface area contributed by atoms with Gasteiger partial charge in [-0.15, -0.1) is 0 Å². The van der Waals surface area contributed by atoms with Crippen LogP contribution in [0.2, 0.25) is 0 Å². The van der Waals surface area contributed by atoms with Crippen LogP contribution in [0.15, 0.2) is 53.6 Å². The number of anilines is 1. The second kappa shape index (κ2) is 8.34. The molecule has 0 saturated carbocycles.